The molecule has 0 bridgehead atoms. The largest absolute Gasteiger partial charge is 0.318 e. The molecule has 156 valence electrons. The molecule has 0 fully saturated rings. The fourth-order valence-electron chi connectivity index (χ4n) is 3.43. The van der Waals surface area contributed by atoms with E-state index in [9.17, 15) is 4.79 Å². The number of aromatic nitrogens is 1. The van der Waals surface area contributed by atoms with Gasteiger partial charge in [0, 0.05) is 27.7 Å². The molecule has 2 aromatic carbocycles. The van der Waals surface area contributed by atoms with Gasteiger partial charge in [-0.2, -0.15) is 5.10 Å². The first kappa shape index (κ1) is 21.8. The van der Waals surface area contributed by atoms with E-state index in [4.69, 9.17) is 11.6 Å². The Labute approximate surface area is 183 Å². The fraction of sp³-hybridized carbons (Fsp3) is 0.280. The van der Waals surface area contributed by atoms with Crippen molar-refractivity contribution in [3.05, 3.63) is 87.7 Å². The molecule has 0 aliphatic heterocycles. The van der Waals surface area contributed by atoms with Gasteiger partial charge in [0.2, 0.25) is 5.91 Å². The molecule has 0 saturated carbocycles. The van der Waals surface area contributed by atoms with Gasteiger partial charge in [0.25, 0.3) is 0 Å². The highest BCUT2D eigenvalue weighted by Gasteiger charge is 2.13. The summed E-state index contributed by atoms with van der Waals surface area (Å²) in [6.45, 7) is 10.6. The van der Waals surface area contributed by atoms with Crippen LogP contribution in [0.3, 0.4) is 0 Å². The molecule has 1 heterocycles. The van der Waals surface area contributed by atoms with Crippen molar-refractivity contribution >= 4 is 23.7 Å². The molecule has 4 nitrogen and oxygen atoms in total. The van der Waals surface area contributed by atoms with E-state index in [1.807, 2.05) is 56.3 Å². The molecule has 3 rings (SSSR count). The van der Waals surface area contributed by atoms with Crippen LogP contribution in [0.4, 0.5) is 0 Å². The van der Waals surface area contributed by atoms with Gasteiger partial charge in [-0.1, -0.05) is 56.6 Å². The SMILES string of the molecule is Cc1cc(/C=N\NC(=O)Cc2ccc(C(C)(C)C)cc2)c(C)n1-c1ccc(Cl)cc1. The average Bonchev–Trinajstić information content (AvgIpc) is 2.96. The van der Waals surface area contributed by atoms with Crippen LogP contribution < -0.4 is 5.43 Å². The van der Waals surface area contributed by atoms with Gasteiger partial charge >= 0.3 is 0 Å². The molecular formula is C25H28ClN3O. The van der Waals surface area contributed by atoms with Crippen molar-refractivity contribution in [2.45, 2.75) is 46.5 Å². The third-order valence-electron chi connectivity index (χ3n) is 5.13. The van der Waals surface area contributed by atoms with E-state index in [0.717, 1.165) is 28.2 Å². The molecule has 0 aliphatic carbocycles. The first-order valence-corrected chi connectivity index (χ1v) is 10.4. The lowest BCUT2D eigenvalue weighted by atomic mass is 9.86. The highest BCUT2D eigenvalue weighted by atomic mass is 35.5. The molecule has 3 aromatic rings. The molecular weight excluding hydrogens is 394 g/mol. The van der Waals surface area contributed by atoms with Crippen LogP contribution in [0.25, 0.3) is 5.69 Å². The van der Waals surface area contributed by atoms with Gasteiger partial charge in [0.05, 0.1) is 12.6 Å². The molecule has 0 radical (unpaired) electrons. The van der Waals surface area contributed by atoms with Crippen LogP contribution in [0, 0.1) is 13.8 Å². The summed E-state index contributed by atoms with van der Waals surface area (Å²) >= 11 is 6.00. The van der Waals surface area contributed by atoms with Crippen LogP contribution in [0.2, 0.25) is 5.02 Å². The van der Waals surface area contributed by atoms with Gasteiger partial charge in [0.15, 0.2) is 0 Å². The zero-order chi connectivity index (χ0) is 21.9. The summed E-state index contributed by atoms with van der Waals surface area (Å²) in [5.41, 5.74) is 9.08. The third kappa shape index (κ3) is 5.19. The quantitative estimate of drug-likeness (QED) is 0.414. The summed E-state index contributed by atoms with van der Waals surface area (Å²) in [6.07, 6.45) is 1.99. The standard InChI is InChI=1S/C25H28ClN3O/c1-17-14-20(18(2)29(17)23-12-10-22(26)11-13-23)16-27-28-24(30)15-19-6-8-21(9-7-19)25(3,4)5/h6-14,16H,15H2,1-5H3,(H,28,30)/b27-16-. The number of halogens is 1. The second-order valence-electron chi connectivity index (χ2n) is 8.56. The topological polar surface area (TPSA) is 46.4 Å². The Hall–Kier alpha value is -2.85. The van der Waals surface area contributed by atoms with Crippen LogP contribution in [0.5, 0.6) is 0 Å². The van der Waals surface area contributed by atoms with E-state index >= 15 is 0 Å². The molecule has 1 amide bonds. The first-order valence-electron chi connectivity index (χ1n) is 10.0. The maximum absolute atomic E-state index is 12.3. The Bertz CT molecular complexity index is 1060. The number of aryl methyl sites for hydroxylation is 1. The minimum atomic E-state index is -0.138. The summed E-state index contributed by atoms with van der Waals surface area (Å²) < 4.78 is 2.14. The molecule has 1 aromatic heterocycles. The van der Waals surface area contributed by atoms with Crippen molar-refractivity contribution in [2.75, 3.05) is 0 Å². The van der Waals surface area contributed by atoms with E-state index in [0.29, 0.717) is 11.4 Å². The summed E-state index contributed by atoms with van der Waals surface area (Å²) in [5.74, 6) is -0.138. The van der Waals surface area contributed by atoms with Gasteiger partial charge in [-0.05, 0) is 60.7 Å². The lowest BCUT2D eigenvalue weighted by Crippen LogP contribution is -2.20. The Balaban J connectivity index is 1.65. The number of hydrazone groups is 1. The second-order valence-corrected chi connectivity index (χ2v) is 8.99. The maximum atomic E-state index is 12.3. The Morgan fingerprint density at radius 2 is 1.70 bits per heavy atom. The van der Waals surface area contributed by atoms with Crippen molar-refractivity contribution < 1.29 is 4.79 Å². The zero-order valence-corrected chi connectivity index (χ0v) is 18.9. The molecule has 5 heteroatoms. The molecule has 30 heavy (non-hydrogen) atoms. The number of nitrogens with one attached hydrogen (secondary N) is 1. The van der Waals surface area contributed by atoms with Gasteiger partial charge in [-0.3, -0.25) is 4.79 Å². The van der Waals surface area contributed by atoms with Crippen molar-refractivity contribution in [1.29, 1.82) is 0 Å². The number of amides is 1. The molecule has 0 saturated heterocycles. The number of hydrogen-bond donors (Lipinski definition) is 1. The predicted octanol–water partition coefficient (Wildman–Crippen LogP) is 5.74. The van der Waals surface area contributed by atoms with Crippen molar-refractivity contribution in [3.63, 3.8) is 0 Å². The third-order valence-corrected chi connectivity index (χ3v) is 5.38. The molecule has 1 N–H and O–H groups in total. The smallest absolute Gasteiger partial charge is 0.244 e. The first-order chi connectivity index (χ1) is 14.1. The van der Waals surface area contributed by atoms with Crippen molar-refractivity contribution in [1.82, 2.24) is 9.99 Å². The van der Waals surface area contributed by atoms with E-state index in [1.54, 1.807) is 6.21 Å². The van der Waals surface area contributed by atoms with Crippen LogP contribution >= 0.6 is 11.6 Å². The lowest BCUT2D eigenvalue weighted by molar-refractivity contribution is -0.120. The summed E-state index contributed by atoms with van der Waals surface area (Å²) in [6, 6.07) is 17.9. The van der Waals surface area contributed by atoms with Crippen LogP contribution in [-0.2, 0) is 16.6 Å². The van der Waals surface area contributed by atoms with Gasteiger partial charge in [0.1, 0.15) is 0 Å². The monoisotopic (exact) mass is 421 g/mol. The number of hydrogen-bond acceptors (Lipinski definition) is 2. The zero-order valence-electron chi connectivity index (χ0n) is 18.2. The number of carbonyl (C=O) groups excluding carboxylic acids is 1. The van der Waals surface area contributed by atoms with Crippen LogP contribution in [0.1, 0.15) is 48.8 Å². The van der Waals surface area contributed by atoms with Gasteiger partial charge in [-0.15, -0.1) is 0 Å². The second kappa shape index (κ2) is 8.88. The molecule has 0 aliphatic rings. The minimum Gasteiger partial charge on any atom is -0.318 e. The van der Waals surface area contributed by atoms with E-state index in [1.165, 1.54) is 5.56 Å². The Kier molecular flexibility index (Phi) is 6.47. The maximum Gasteiger partial charge on any atom is 0.244 e. The number of carbonyl (C=O) groups is 1. The number of benzene rings is 2. The summed E-state index contributed by atoms with van der Waals surface area (Å²) in [7, 11) is 0. The van der Waals surface area contributed by atoms with E-state index < -0.39 is 0 Å². The van der Waals surface area contributed by atoms with Crippen LogP contribution in [0.15, 0.2) is 59.7 Å². The fourth-order valence-corrected chi connectivity index (χ4v) is 3.55. The highest BCUT2D eigenvalue weighted by Crippen LogP contribution is 2.23. The average molecular weight is 422 g/mol. The number of rotatable bonds is 5. The summed E-state index contributed by atoms with van der Waals surface area (Å²) in [4.78, 5) is 12.3. The molecule has 0 unspecified atom stereocenters. The highest BCUT2D eigenvalue weighted by molar-refractivity contribution is 6.30. The lowest BCUT2D eigenvalue weighted by Gasteiger charge is -2.19. The summed E-state index contributed by atoms with van der Waals surface area (Å²) in [5, 5.41) is 4.87. The molecule has 0 atom stereocenters. The van der Waals surface area contributed by atoms with Gasteiger partial charge in [-0.25, -0.2) is 5.43 Å². The molecule has 0 spiro atoms. The van der Waals surface area contributed by atoms with E-state index in [2.05, 4.69) is 48.0 Å². The van der Waals surface area contributed by atoms with Crippen molar-refractivity contribution in [3.8, 4) is 5.69 Å². The van der Waals surface area contributed by atoms with Crippen molar-refractivity contribution in [2.24, 2.45) is 5.10 Å². The minimum absolute atomic E-state index is 0.101. The Morgan fingerprint density at radius 3 is 2.30 bits per heavy atom. The predicted molar refractivity (Wildman–Crippen MR) is 125 cm³/mol. The Morgan fingerprint density at radius 1 is 1.07 bits per heavy atom. The number of nitrogens with zero attached hydrogens (tertiary/aromatic N) is 2. The van der Waals surface area contributed by atoms with Gasteiger partial charge < -0.3 is 4.57 Å². The van der Waals surface area contributed by atoms with Crippen LogP contribution in [-0.4, -0.2) is 16.7 Å². The van der Waals surface area contributed by atoms with E-state index in [-0.39, 0.29) is 11.3 Å². The normalized spacial score (nSPS) is 11.8.